The van der Waals surface area contributed by atoms with Gasteiger partial charge in [-0.05, 0) is 24.3 Å². The van der Waals surface area contributed by atoms with Gasteiger partial charge in [0, 0.05) is 18.0 Å². The Bertz CT molecular complexity index is 1010. The molecule has 9 nitrogen and oxygen atoms in total. The number of carbonyl (C=O) groups is 1. The molecule has 0 saturated carbocycles. The van der Waals surface area contributed by atoms with E-state index < -0.39 is 28.0 Å². The van der Waals surface area contributed by atoms with Crippen molar-refractivity contribution in [1.29, 1.82) is 0 Å². The van der Waals surface area contributed by atoms with Gasteiger partial charge in [-0.15, -0.1) is 5.10 Å². The highest BCUT2D eigenvalue weighted by atomic mass is 19.1. The highest BCUT2D eigenvalue weighted by molar-refractivity contribution is 5.90. The van der Waals surface area contributed by atoms with Crippen molar-refractivity contribution in [2.45, 2.75) is 6.54 Å². The summed E-state index contributed by atoms with van der Waals surface area (Å²) in [6, 6.07) is 7.93. The molecule has 2 heterocycles. The minimum Gasteiger partial charge on any atom is -0.324 e. The van der Waals surface area contributed by atoms with Crippen LogP contribution in [-0.4, -0.2) is 25.0 Å². The fourth-order valence-electron chi connectivity index (χ4n) is 2.14. The Hall–Kier alpha value is -3.56. The number of halogens is 1. The number of nitrogens with zero attached hydrogens (tertiary/aromatic N) is 4. The first-order valence-electron chi connectivity index (χ1n) is 6.74. The molecule has 0 spiro atoms. The van der Waals surface area contributed by atoms with E-state index >= 15 is 0 Å². The maximum Gasteiger partial charge on any atom is 0.350 e. The van der Waals surface area contributed by atoms with Crippen LogP contribution in [0.25, 0.3) is 5.65 Å². The molecule has 3 rings (SSSR count). The second-order valence-corrected chi connectivity index (χ2v) is 4.84. The van der Waals surface area contributed by atoms with E-state index in [0.717, 1.165) is 16.8 Å². The average molecular weight is 331 g/mol. The van der Waals surface area contributed by atoms with Crippen molar-refractivity contribution in [2.24, 2.45) is 0 Å². The predicted molar refractivity (Wildman–Crippen MR) is 81.1 cm³/mol. The summed E-state index contributed by atoms with van der Waals surface area (Å²) in [5.41, 5.74) is -0.818. The Morgan fingerprint density at radius 1 is 1.33 bits per heavy atom. The Balaban J connectivity index is 1.80. The number of aromatic nitrogens is 3. The van der Waals surface area contributed by atoms with Crippen LogP contribution in [0.5, 0.6) is 0 Å². The number of benzene rings is 1. The number of nitro groups is 1. The highest BCUT2D eigenvalue weighted by Crippen LogP contribution is 2.21. The van der Waals surface area contributed by atoms with E-state index in [2.05, 4.69) is 10.4 Å². The van der Waals surface area contributed by atoms with E-state index in [-0.39, 0.29) is 12.2 Å². The molecule has 0 aliphatic rings. The van der Waals surface area contributed by atoms with E-state index in [4.69, 9.17) is 0 Å². The third kappa shape index (κ3) is 2.84. The van der Waals surface area contributed by atoms with Crippen molar-refractivity contribution in [1.82, 2.24) is 14.2 Å². The highest BCUT2D eigenvalue weighted by Gasteiger charge is 2.16. The number of carbonyl (C=O) groups excluding carboxylic acids is 1. The van der Waals surface area contributed by atoms with Crippen LogP contribution in [-0.2, 0) is 11.3 Å². The number of rotatable bonds is 4. The molecule has 10 heteroatoms. The standard InChI is InChI=1S/C14H10FN5O4/c15-10-5-4-9(7-11(10)20(23)24)16-13(21)8-19-14(22)18-6-2-1-3-12(18)17-19/h1-7H,8H2,(H,16,21). The molecule has 1 aromatic carbocycles. The Morgan fingerprint density at radius 2 is 2.12 bits per heavy atom. The summed E-state index contributed by atoms with van der Waals surface area (Å²) < 4.78 is 15.5. The zero-order valence-electron chi connectivity index (χ0n) is 12.0. The molecular weight excluding hydrogens is 321 g/mol. The Kier molecular flexibility index (Phi) is 3.78. The lowest BCUT2D eigenvalue weighted by atomic mass is 10.2. The smallest absolute Gasteiger partial charge is 0.324 e. The Labute approximate surface area is 133 Å². The van der Waals surface area contributed by atoms with Crippen molar-refractivity contribution in [3.8, 4) is 0 Å². The molecule has 24 heavy (non-hydrogen) atoms. The molecule has 0 saturated heterocycles. The van der Waals surface area contributed by atoms with Gasteiger partial charge in [-0.2, -0.15) is 4.39 Å². The van der Waals surface area contributed by atoms with Crippen LogP contribution in [0.15, 0.2) is 47.4 Å². The molecule has 1 amide bonds. The van der Waals surface area contributed by atoms with Crippen LogP contribution in [0.4, 0.5) is 15.8 Å². The van der Waals surface area contributed by atoms with E-state index in [0.29, 0.717) is 5.65 Å². The fourth-order valence-corrected chi connectivity index (χ4v) is 2.14. The third-order valence-corrected chi connectivity index (χ3v) is 3.21. The number of amides is 1. The molecule has 3 aromatic rings. The van der Waals surface area contributed by atoms with Crippen LogP contribution in [0, 0.1) is 15.9 Å². The van der Waals surface area contributed by atoms with Crippen molar-refractivity contribution < 1.29 is 14.1 Å². The SMILES string of the molecule is O=C(Cn1nc2ccccn2c1=O)Nc1ccc(F)c([N+](=O)[O-])c1. The number of anilines is 1. The van der Waals surface area contributed by atoms with Crippen LogP contribution in [0.1, 0.15) is 0 Å². The first-order valence-corrected chi connectivity index (χ1v) is 6.74. The number of nitro benzene ring substituents is 1. The number of hydrogen-bond donors (Lipinski definition) is 1. The summed E-state index contributed by atoms with van der Waals surface area (Å²) in [6.45, 7) is -0.383. The topological polar surface area (TPSA) is 112 Å². The summed E-state index contributed by atoms with van der Waals surface area (Å²) in [7, 11) is 0. The number of nitrogens with one attached hydrogen (secondary N) is 1. The van der Waals surface area contributed by atoms with Crippen LogP contribution in [0.3, 0.4) is 0 Å². The summed E-state index contributed by atoms with van der Waals surface area (Å²) in [4.78, 5) is 33.8. The van der Waals surface area contributed by atoms with Gasteiger partial charge in [-0.25, -0.2) is 9.48 Å². The minimum atomic E-state index is -1.01. The lowest BCUT2D eigenvalue weighted by molar-refractivity contribution is -0.387. The minimum absolute atomic E-state index is 0.0462. The predicted octanol–water partition coefficient (Wildman–Crippen LogP) is 1.18. The van der Waals surface area contributed by atoms with E-state index in [1.807, 2.05) is 0 Å². The first-order chi connectivity index (χ1) is 11.5. The van der Waals surface area contributed by atoms with Gasteiger partial charge in [0.05, 0.1) is 4.92 Å². The molecular formula is C14H10FN5O4. The molecule has 0 atom stereocenters. The number of pyridine rings is 1. The molecule has 1 N–H and O–H groups in total. The Morgan fingerprint density at radius 3 is 2.83 bits per heavy atom. The molecule has 122 valence electrons. The maximum atomic E-state index is 13.3. The number of hydrogen-bond acceptors (Lipinski definition) is 5. The second-order valence-electron chi connectivity index (χ2n) is 4.84. The van der Waals surface area contributed by atoms with Gasteiger partial charge in [0.2, 0.25) is 11.7 Å². The molecule has 2 aromatic heterocycles. The zero-order chi connectivity index (χ0) is 17.3. The fraction of sp³-hybridized carbons (Fsp3) is 0.0714. The average Bonchev–Trinajstić information content (AvgIpc) is 2.85. The normalized spacial score (nSPS) is 10.7. The van der Waals surface area contributed by atoms with Gasteiger partial charge in [0.25, 0.3) is 0 Å². The van der Waals surface area contributed by atoms with Gasteiger partial charge in [-0.1, -0.05) is 6.07 Å². The zero-order valence-corrected chi connectivity index (χ0v) is 12.0. The summed E-state index contributed by atoms with van der Waals surface area (Å²) in [5.74, 6) is -1.63. The summed E-state index contributed by atoms with van der Waals surface area (Å²) in [6.07, 6.45) is 1.52. The van der Waals surface area contributed by atoms with E-state index in [9.17, 15) is 24.1 Å². The monoisotopic (exact) mass is 331 g/mol. The summed E-state index contributed by atoms with van der Waals surface area (Å²) in [5, 5.41) is 17.0. The molecule has 0 unspecified atom stereocenters. The molecule has 0 aliphatic carbocycles. The first kappa shape index (κ1) is 15.3. The maximum absolute atomic E-state index is 13.3. The lowest BCUT2D eigenvalue weighted by Gasteiger charge is -2.04. The van der Waals surface area contributed by atoms with Gasteiger partial charge in [0.15, 0.2) is 5.65 Å². The van der Waals surface area contributed by atoms with Crippen molar-refractivity contribution >= 4 is 22.9 Å². The van der Waals surface area contributed by atoms with Gasteiger partial charge >= 0.3 is 11.4 Å². The van der Waals surface area contributed by atoms with Crippen molar-refractivity contribution in [2.75, 3.05) is 5.32 Å². The molecule has 0 radical (unpaired) electrons. The second kappa shape index (κ2) is 5.91. The largest absolute Gasteiger partial charge is 0.350 e. The van der Waals surface area contributed by atoms with E-state index in [1.54, 1.807) is 18.2 Å². The van der Waals surface area contributed by atoms with Crippen LogP contribution < -0.4 is 11.0 Å². The third-order valence-electron chi connectivity index (χ3n) is 3.21. The van der Waals surface area contributed by atoms with Crippen molar-refractivity contribution in [3.63, 3.8) is 0 Å². The van der Waals surface area contributed by atoms with Gasteiger partial charge in [0.1, 0.15) is 6.54 Å². The van der Waals surface area contributed by atoms with Gasteiger partial charge in [-0.3, -0.25) is 19.3 Å². The number of fused-ring (bicyclic) bond motifs is 1. The van der Waals surface area contributed by atoms with Gasteiger partial charge < -0.3 is 5.32 Å². The van der Waals surface area contributed by atoms with Crippen LogP contribution >= 0.6 is 0 Å². The molecule has 0 aliphatic heterocycles. The lowest BCUT2D eigenvalue weighted by Crippen LogP contribution is -2.28. The summed E-state index contributed by atoms with van der Waals surface area (Å²) >= 11 is 0. The molecule has 0 bridgehead atoms. The quantitative estimate of drug-likeness (QED) is 0.570. The van der Waals surface area contributed by atoms with Crippen molar-refractivity contribution in [3.05, 3.63) is 69.0 Å². The van der Waals surface area contributed by atoms with Crippen LogP contribution in [0.2, 0.25) is 0 Å². The van der Waals surface area contributed by atoms with E-state index in [1.165, 1.54) is 16.7 Å². The molecule has 0 fully saturated rings.